The number of aliphatic hydroxyl groups is 1. The summed E-state index contributed by atoms with van der Waals surface area (Å²) in [5, 5.41) is 12.0. The molecule has 0 spiro atoms. The van der Waals surface area contributed by atoms with Crippen molar-refractivity contribution in [2.45, 2.75) is 20.0 Å². The molecule has 0 bridgehead atoms. The van der Waals surface area contributed by atoms with Crippen molar-refractivity contribution in [2.24, 2.45) is 0 Å². The van der Waals surface area contributed by atoms with E-state index in [2.05, 4.69) is 0 Å². The molecule has 3 aromatic carbocycles. The van der Waals surface area contributed by atoms with Gasteiger partial charge < -0.3 is 5.11 Å². The first-order valence-electron chi connectivity index (χ1n) is 7.00. The van der Waals surface area contributed by atoms with Crippen LogP contribution in [0.2, 0.25) is 0 Å². The second-order valence-electron chi connectivity index (χ2n) is 5.44. The average molecular weight is 280 g/mol. The van der Waals surface area contributed by atoms with Crippen LogP contribution in [0.5, 0.6) is 0 Å². The summed E-state index contributed by atoms with van der Waals surface area (Å²) in [5.74, 6) is -0.262. The highest BCUT2D eigenvalue weighted by Crippen LogP contribution is 2.31. The highest BCUT2D eigenvalue weighted by molar-refractivity contribution is 5.87. The Morgan fingerprint density at radius 1 is 0.857 bits per heavy atom. The number of fused-ring (bicyclic) bond motifs is 1. The van der Waals surface area contributed by atoms with E-state index < -0.39 is 6.10 Å². The molecule has 1 unspecified atom stereocenters. The van der Waals surface area contributed by atoms with Crippen molar-refractivity contribution >= 4 is 10.8 Å². The van der Waals surface area contributed by atoms with Gasteiger partial charge >= 0.3 is 0 Å². The van der Waals surface area contributed by atoms with Crippen LogP contribution in [0.15, 0.2) is 54.6 Å². The quantitative estimate of drug-likeness (QED) is 0.722. The summed E-state index contributed by atoms with van der Waals surface area (Å²) >= 11 is 0. The molecule has 0 aliphatic heterocycles. The van der Waals surface area contributed by atoms with E-state index in [0.717, 1.165) is 27.6 Å². The molecule has 0 amide bonds. The molecule has 0 aliphatic rings. The third kappa shape index (κ3) is 2.43. The maximum atomic E-state index is 13.9. The van der Waals surface area contributed by atoms with Crippen molar-refractivity contribution in [2.75, 3.05) is 0 Å². The minimum Gasteiger partial charge on any atom is -0.384 e. The molecule has 3 rings (SSSR count). The Balaban J connectivity index is 2.18. The van der Waals surface area contributed by atoms with Crippen molar-refractivity contribution in [1.29, 1.82) is 0 Å². The SMILES string of the molecule is Cc1ccc(C(O)c2ccc(F)c3ccccc23)c(C)c1. The van der Waals surface area contributed by atoms with Crippen molar-refractivity contribution in [3.8, 4) is 0 Å². The highest BCUT2D eigenvalue weighted by Gasteiger charge is 2.16. The van der Waals surface area contributed by atoms with E-state index in [4.69, 9.17) is 0 Å². The molecule has 0 saturated heterocycles. The molecule has 0 fully saturated rings. The molecule has 0 aliphatic carbocycles. The van der Waals surface area contributed by atoms with Crippen LogP contribution in [0.1, 0.15) is 28.4 Å². The summed E-state index contributed by atoms with van der Waals surface area (Å²) in [4.78, 5) is 0. The summed E-state index contributed by atoms with van der Waals surface area (Å²) in [6.45, 7) is 4.01. The molecular formula is C19H17FO. The van der Waals surface area contributed by atoms with Gasteiger partial charge in [0.05, 0.1) is 0 Å². The van der Waals surface area contributed by atoms with Crippen LogP contribution >= 0.6 is 0 Å². The van der Waals surface area contributed by atoms with E-state index in [0.29, 0.717) is 5.39 Å². The zero-order valence-corrected chi connectivity index (χ0v) is 12.1. The second-order valence-corrected chi connectivity index (χ2v) is 5.44. The Hall–Kier alpha value is -2.19. The number of halogens is 1. The largest absolute Gasteiger partial charge is 0.384 e. The van der Waals surface area contributed by atoms with Gasteiger partial charge in [-0.25, -0.2) is 4.39 Å². The van der Waals surface area contributed by atoms with E-state index in [-0.39, 0.29) is 5.82 Å². The third-order valence-electron chi connectivity index (χ3n) is 3.92. The van der Waals surface area contributed by atoms with Gasteiger partial charge in [0, 0.05) is 5.39 Å². The van der Waals surface area contributed by atoms with Gasteiger partial charge in [-0.15, -0.1) is 0 Å². The van der Waals surface area contributed by atoms with Crippen LogP contribution in [0, 0.1) is 19.7 Å². The van der Waals surface area contributed by atoms with Crippen LogP contribution in [-0.4, -0.2) is 5.11 Å². The molecule has 0 saturated carbocycles. The normalized spacial score (nSPS) is 12.6. The smallest absolute Gasteiger partial charge is 0.131 e. The Bertz CT molecular complexity index is 808. The van der Waals surface area contributed by atoms with Crippen molar-refractivity contribution in [3.63, 3.8) is 0 Å². The lowest BCUT2D eigenvalue weighted by molar-refractivity contribution is 0.221. The van der Waals surface area contributed by atoms with E-state index in [1.54, 1.807) is 18.2 Å². The van der Waals surface area contributed by atoms with Gasteiger partial charge in [-0.2, -0.15) is 0 Å². The van der Waals surface area contributed by atoms with Gasteiger partial charge in [0.15, 0.2) is 0 Å². The third-order valence-corrected chi connectivity index (χ3v) is 3.92. The monoisotopic (exact) mass is 280 g/mol. The molecule has 2 heteroatoms. The predicted molar refractivity (Wildman–Crippen MR) is 83.9 cm³/mol. The van der Waals surface area contributed by atoms with Crippen molar-refractivity contribution < 1.29 is 9.50 Å². The summed E-state index contributed by atoms with van der Waals surface area (Å²) in [6.07, 6.45) is -0.754. The number of hydrogen-bond acceptors (Lipinski definition) is 1. The topological polar surface area (TPSA) is 20.2 Å². The zero-order valence-electron chi connectivity index (χ0n) is 12.1. The molecule has 0 heterocycles. The van der Waals surface area contributed by atoms with Gasteiger partial charge in [0.25, 0.3) is 0 Å². The van der Waals surface area contributed by atoms with Gasteiger partial charge in [-0.05, 0) is 42.0 Å². The minimum atomic E-state index is -0.754. The maximum absolute atomic E-state index is 13.9. The Kier molecular flexibility index (Phi) is 3.48. The van der Waals surface area contributed by atoms with E-state index >= 15 is 0 Å². The summed E-state index contributed by atoms with van der Waals surface area (Å²) in [5.41, 5.74) is 3.79. The summed E-state index contributed by atoms with van der Waals surface area (Å²) < 4.78 is 13.9. The fourth-order valence-electron chi connectivity index (χ4n) is 2.82. The highest BCUT2D eigenvalue weighted by atomic mass is 19.1. The fourth-order valence-corrected chi connectivity index (χ4v) is 2.82. The first kappa shape index (κ1) is 13.8. The van der Waals surface area contributed by atoms with Crippen LogP contribution in [-0.2, 0) is 0 Å². The van der Waals surface area contributed by atoms with Gasteiger partial charge in [0.2, 0.25) is 0 Å². The molecule has 21 heavy (non-hydrogen) atoms. The van der Waals surface area contributed by atoms with Gasteiger partial charge in [-0.1, -0.05) is 54.1 Å². The molecule has 1 atom stereocenters. The molecule has 3 aromatic rings. The number of aliphatic hydroxyl groups excluding tert-OH is 1. The lowest BCUT2D eigenvalue weighted by Crippen LogP contribution is -2.03. The number of benzene rings is 3. The maximum Gasteiger partial charge on any atom is 0.131 e. The van der Waals surface area contributed by atoms with Crippen molar-refractivity contribution in [1.82, 2.24) is 0 Å². The number of rotatable bonds is 2. The second kappa shape index (κ2) is 5.30. The Morgan fingerprint density at radius 2 is 1.52 bits per heavy atom. The van der Waals surface area contributed by atoms with Crippen LogP contribution in [0.25, 0.3) is 10.8 Å². The van der Waals surface area contributed by atoms with Crippen molar-refractivity contribution in [3.05, 3.63) is 82.7 Å². The molecular weight excluding hydrogens is 263 g/mol. The van der Waals surface area contributed by atoms with Gasteiger partial charge in [0.1, 0.15) is 11.9 Å². The van der Waals surface area contributed by atoms with Crippen LogP contribution in [0.4, 0.5) is 4.39 Å². The van der Waals surface area contributed by atoms with E-state index in [1.807, 2.05) is 44.2 Å². The Labute approximate surface area is 123 Å². The molecule has 1 N–H and O–H groups in total. The standard InChI is InChI=1S/C19H17FO/c1-12-7-8-14(13(2)11-12)19(21)17-9-10-18(20)16-6-4-3-5-15(16)17/h3-11,19,21H,1-2H3. The molecule has 1 nitrogen and oxygen atoms in total. The molecule has 0 aromatic heterocycles. The number of aryl methyl sites for hydroxylation is 2. The fraction of sp³-hybridized carbons (Fsp3) is 0.158. The molecule has 106 valence electrons. The van der Waals surface area contributed by atoms with Crippen LogP contribution < -0.4 is 0 Å². The lowest BCUT2D eigenvalue weighted by Gasteiger charge is -2.17. The first-order valence-corrected chi connectivity index (χ1v) is 7.00. The number of hydrogen-bond donors (Lipinski definition) is 1. The van der Waals surface area contributed by atoms with Crippen LogP contribution in [0.3, 0.4) is 0 Å². The lowest BCUT2D eigenvalue weighted by atomic mass is 9.92. The Morgan fingerprint density at radius 3 is 2.24 bits per heavy atom. The first-order chi connectivity index (χ1) is 10.1. The van der Waals surface area contributed by atoms with E-state index in [9.17, 15) is 9.50 Å². The van der Waals surface area contributed by atoms with Gasteiger partial charge in [-0.3, -0.25) is 0 Å². The zero-order chi connectivity index (χ0) is 15.0. The predicted octanol–water partition coefficient (Wildman–Crippen LogP) is 4.68. The average Bonchev–Trinajstić information content (AvgIpc) is 2.47. The minimum absolute atomic E-state index is 0.262. The molecule has 0 radical (unpaired) electrons. The summed E-state index contributed by atoms with van der Waals surface area (Å²) in [7, 11) is 0. The summed E-state index contributed by atoms with van der Waals surface area (Å²) in [6, 6.07) is 16.3. The van der Waals surface area contributed by atoms with E-state index in [1.165, 1.54) is 6.07 Å².